The maximum atomic E-state index is 12.1. The molecule has 0 aromatic carbocycles. The summed E-state index contributed by atoms with van der Waals surface area (Å²) in [5.74, 6) is -2.62. The minimum absolute atomic E-state index is 0.208. The molecule has 0 aromatic rings. The van der Waals surface area contributed by atoms with Crippen LogP contribution in [-0.2, 0) is 19.1 Å². The number of carbonyl (C=O) groups is 2. The second kappa shape index (κ2) is 7.13. The predicted octanol–water partition coefficient (Wildman–Crippen LogP) is 2.16. The van der Waals surface area contributed by atoms with E-state index in [4.69, 9.17) is 9.47 Å². The maximum absolute atomic E-state index is 12.1. The fourth-order valence-corrected chi connectivity index (χ4v) is 2.35. The van der Waals surface area contributed by atoms with Crippen LogP contribution in [0.5, 0.6) is 0 Å². The van der Waals surface area contributed by atoms with Gasteiger partial charge in [0.25, 0.3) is 0 Å². The van der Waals surface area contributed by atoms with Crippen LogP contribution in [0.25, 0.3) is 0 Å². The van der Waals surface area contributed by atoms with Crippen molar-refractivity contribution in [2.24, 2.45) is 23.2 Å². The van der Waals surface area contributed by atoms with Gasteiger partial charge in [0, 0.05) is 0 Å². The van der Waals surface area contributed by atoms with E-state index in [1.165, 1.54) is 7.11 Å². The number of methoxy groups -OCH3 is 1. The van der Waals surface area contributed by atoms with E-state index in [1.807, 2.05) is 6.07 Å². The van der Waals surface area contributed by atoms with Crippen molar-refractivity contribution in [1.29, 1.82) is 5.26 Å². The molecule has 0 heterocycles. The lowest BCUT2D eigenvalue weighted by molar-refractivity contribution is -0.169. The van der Waals surface area contributed by atoms with Crippen molar-refractivity contribution < 1.29 is 19.1 Å². The first-order valence-electron chi connectivity index (χ1n) is 6.45. The van der Waals surface area contributed by atoms with Gasteiger partial charge in [-0.1, -0.05) is 27.7 Å². The topological polar surface area (TPSA) is 76.4 Å². The van der Waals surface area contributed by atoms with Crippen LogP contribution in [0.2, 0.25) is 0 Å². The average molecular weight is 269 g/mol. The lowest BCUT2D eigenvalue weighted by Gasteiger charge is -2.36. The predicted molar refractivity (Wildman–Crippen MR) is 69.9 cm³/mol. The first kappa shape index (κ1) is 17.4. The van der Waals surface area contributed by atoms with Crippen molar-refractivity contribution in [2.75, 3.05) is 13.7 Å². The Morgan fingerprint density at radius 3 is 2.05 bits per heavy atom. The Morgan fingerprint density at radius 2 is 1.79 bits per heavy atom. The van der Waals surface area contributed by atoms with Crippen LogP contribution in [-0.4, -0.2) is 25.7 Å². The highest BCUT2D eigenvalue weighted by Gasteiger charge is 2.55. The highest BCUT2D eigenvalue weighted by molar-refractivity contribution is 5.88. The van der Waals surface area contributed by atoms with Crippen LogP contribution in [0.4, 0.5) is 0 Å². The molecule has 19 heavy (non-hydrogen) atoms. The number of nitriles is 1. The summed E-state index contributed by atoms with van der Waals surface area (Å²) in [7, 11) is 1.22. The number of nitrogens with zero attached hydrogens (tertiary/aromatic N) is 1. The molecule has 0 aliphatic carbocycles. The SMILES string of the molecule is CCOC(=O)C(C(C)C)C(C#N)(C(=O)OC)C(C)C. The first-order chi connectivity index (χ1) is 8.79. The summed E-state index contributed by atoms with van der Waals surface area (Å²) in [5, 5.41) is 9.53. The van der Waals surface area contributed by atoms with E-state index in [1.54, 1.807) is 34.6 Å². The van der Waals surface area contributed by atoms with Crippen LogP contribution in [0.3, 0.4) is 0 Å². The molecule has 0 bridgehead atoms. The number of hydrogen-bond acceptors (Lipinski definition) is 5. The van der Waals surface area contributed by atoms with Crippen LogP contribution in [0.15, 0.2) is 0 Å². The molecule has 2 atom stereocenters. The van der Waals surface area contributed by atoms with Crippen molar-refractivity contribution in [1.82, 2.24) is 0 Å². The summed E-state index contributed by atoms with van der Waals surface area (Å²) in [4.78, 5) is 24.2. The fraction of sp³-hybridized carbons (Fsp3) is 0.786. The molecular formula is C14H23NO4. The Kier molecular flexibility index (Phi) is 6.54. The number of ether oxygens (including phenoxy) is 2. The van der Waals surface area contributed by atoms with Gasteiger partial charge in [0.05, 0.1) is 25.7 Å². The third-order valence-electron chi connectivity index (χ3n) is 3.32. The van der Waals surface area contributed by atoms with Gasteiger partial charge in [0.1, 0.15) is 0 Å². The van der Waals surface area contributed by atoms with Crippen molar-refractivity contribution in [3.8, 4) is 6.07 Å². The minimum Gasteiger partial charge on any atom is -0.468 e. The Balaban J connectivity index is 5.84. The molecule has 108 valence electrons. The van der Waals surface area contributed by atoms with Crippen molar-refractivity contribution in [3.05, 3.63) is 0 Å². The molecule has 0 rings (SSSR count). The normalized spacial score (nSPS) is 15.5. The molecule has 0 saturated carbocycles. The highest BCUT2D eigenvalue weighted by Crippen LogP contribution is 2.41. The number of carbonyl (C=O) groups excluding carboxylic acids is 2. The third kappa shape index (κ3) is 3.25. The molecule has 0 radical (unpaired) electrons. The quantitative estimate of drug-likeness (QED) is 0.691. The third-order valence-corrected chi connectivity index (χ3v) is 3.32. The number of rotatable bonds is 6. The van der Waals surface area contributed by atoms with Gasteiger partial charge < -0.3 is 9.47 Å². The van der Waals surface area contributed by atoms with E-state index < -0.39 is 23.3 Å². The van der Waals surface area contributed by atoms with E-state index in [9.17, 15) is 14.9 Å². The lowest BCUT2D eigenvalue weighted by Crippen LogP contribution is -2.49. The summed E-state index contributed by atoms with van der Waals surface area (Å²) in [6.45, 7) is 8.95. The zero-order valence-corrected chi connectivity index (χ0v) is 12.5. The summed E-state index contributed by atoms with van der Waals surface area (Å²) in [6, 6.07) is 2.01. The van der Waals surface area contributed by atoms with E-state index in [2.05, 4.69) is 0 Å². The van der Waals surface area contributed by atoms with Gasteiger partial charge in [0.15, 0.2) is 5.41 Å². The van der Waals surface area contributed by atoms with E-state index >= 15 is 0 Å². The Hall–Kier alpha value is -1.57. The van der Waals surface area contributed by atoms with Crippen LogP contribution in [0.1, 0.15) is 34.6 Å². The van der Waals surface area contributed by atoms with E-state index in [-0.39, 0.29) is 18.4 Å². The summed E-state index contributed by atoms with van der Waals surface area (Å²) < 4.78 is 9.78. The Morgan fingerprint density at radius 1 is 1.26 bits per heavy atom. The molecule has 5 heteroatoms. The monoisotopic (exact) mass is 269 g/mol. The van der Waals surface area contributed by atoms with Gasteiger partial charge in [-0.05, 0) is 18.8 Å². The van der Waals surface area contributed by atoms with Gasteiger partial charge in [-0.2, -0.15) is 5.26 Å². The molecule has 0 aromatic heterocycles. The van der Waals surface area contributed by atoms with Crippen LogP contribution < -0.4 is 0 Å². The number of esters is 2. The maximum Gasteiger partial charge on any atom is 0.327 e. The molecular weight excluding hydrogens is 246 g/mol. The minimum atomic E-state index is -1.52. The smallest absolute Gasteiger partial charge is 0.327 e. The average Bonchev–Trinajstić information content (AvgIpc) is 2.33. The fourth-order valence-electron chi connectivity index (χ4n) is 2.35. The van der Waals surface area contributed by atoms with E-state index in [0.29, 0.717) is 0 Å². The molecule has 0 amide bonds. The lowest BCUT2D eigenvalue weighted by atomic mass is 9.64. The summed E-state index contributed by atoms with van der Waals surface area (Å²) >= 11 is 0. The standard InChI is InChI=1S/C14H23NO4/c1-7-19-12(16)11(9(2)3)14(8-15,10(4)5)13(17)18-6/h9-11H,7H2,1-6H3. The molecule has 0 N–H and O–H groups in total. The molecule has 0 aliphatic heterocycles. The van der Waals surface area contributed by atoms with Crippen molar-refractivity contribution in [2.45, 2.75) is 34.6 Å². The first-order valence-corrected chi connectivity index (χ1v) is 6.45. The zero-order chi connectivity index (χ0) is 15.2. The number of hydrogen-bond donors (Lipinski definition) is 0. The van der Waals surface area contributed by atoms with Gasteiger partial charge in [-0.3, -0.25) is 9.59 Å². The largest absolute Gasteiger partial charge is 0.468 e. The Bertz CT molecular complexity index is 370. The summed E-state index contributed by atoms with van der Waals surface area (Å²) in [6.07, 6.45) is 0. The van der Waals surface area contributed by atoms with Gasteiger partial charge >= 0.3 is 11.9 Å². The van der Waals surface area contributed by atoms with Gasteiger partial charge in [-0.15, -0.1) is 0 Å². The van der Waals surface area contributed by atoms with Crippen molar-refractivity contribution >= 4 is 11.9 Å². The molecule has 2 unspecified atom stereocenters. The highest BCUT2D eigenvalue weighted by atomic mass is 16.5. The summed E-state index contributed by atoms with van der Waals surface area (Å²) in [5.41, 5.74) is -1.52. The zero-order valence-electron chi connectivity index (χ0n) is 12.5. The molecule has 0 aliphatic rings. The second-order valence-electron chi connectivity index (χ2n) is 5.10. The molecule has 0 fully saturated rings. The Labute approximate surface area is 114 Å². The molecule has 0 saturated heterocycles. The van der Waals surface area contributed by atoms with E-state index in [0.717, 1.165) is 0 Å². The molecule has 5 nitrogen and oxygen atoms in total. The van der Waals surface area contributed by atoms with Crippen molar-refractivity contribution in [3.63, 3.8) is 0 Å². The molecule has 0 spiro atoms. The second-order valence-corrected chi connectivity index (χ2v) is 5.10. The van der Waals surface area contributed by atoms with Gasteiger partial charge in [0.2, 0.25) is 0 Å². The van der Waals surface area contributed by atoms with Crippen LogP contribution >= 0.6 is 0 Å². The van der Waals surface area contributed by atoms with Crippen LogP contribution in [0, 0.1) is 34.5 Å². The van der Waals surface area contributed by atoms with Gasteiger partial charge in [-0.25, -0.2) is 0 Å².